The maximum Gasteiger partial charge on any atom is 0.225 e. The van der Waals surface area contributed by atoms with Gasteiger partial charge in [-0.25, -0.2) is 15.0 Å². The number of piperidine rings is 1. The molecule has 3 saturated heterocycles. The van der Waals surface area contributed by atoms with Crippen molar-refractivity contribution in [1.29, 1.82) is 0 Å². The highest BCUT2D eigenvalue weighted by Crippen LogP contribution is 2.34. The van der Waals surface area contributed by atoms with Crippen LogP contribution in [-0.4, -0.2) is 82.4 Å². The fourth-order valence-corrected chi connectivity index (χ4v) is 7.03. The monoisotopic (exact) mass is 637 g/mol. The zero-order chi connectivity index (χ0) is 30.8. The Balaban J connectivity index is 1.16. The van der Waals surface area contributed by atoms with Gasteiger partial charge in [0, 0.05) is 86.6 Å². The van der Waals surface area contributed by atoms with Crippen molar-refractivity contribution in [3.8, 4) is 22.9 Å². The van der Waals surface area contributed by atoms with Crippen molar-refractivity contribution >= 4 is 41.0 Å². The van der Waals surface area contributed by atoms with Crippen LogP contribution in [0.5, 0.6) is 11.6 Å². The van der Waals surface area contributed by atoms with Gasteiger partial charge >= 0.3 is 0 Å². The molecule has 0 saturated carbocycles. The number of ether oxygens (including phenoxy) is 1. The number of aromatic nitrogens is 3. The van der Waals surface area contributed by atoms with Crippen LogP contribution in [0.25, 0.3) is 11.3 Å². The molecule has 0 spiro atoms. The molecular formula is C32H37Cl2N7O3. The Hall–Kier alpha value is -3.47. The van der Waals surface area contributed by atoms with E-state index in [-0.39, 0.29) is 11.8 Å². The Morgan fingerprint density at radius 2 is 1.59 bits per heavy atom. The summed E-state index contributed by atoms with van der Waals surface area (Å²) in [6.07, 6.45) is 5.43. The van der Waals surface area contributed by atoms with Gasteiger partial charge in [-0.05, 0) is 61.7 Å². The second-order valence-electron chi connectivity index (χ2n) is 12.2. The molecule has 1 N–H and O–H groups in total. The van der Waals surface area contributed by atoms with Crippen LogP contribution in [0.2, 0.25) is 10.0 Å². The van der Waals surface area contributed by atoms with Crippen LogP contribution in [0, 0.1) is 17.8 Å². The van der Waals surface area contributed by atoms with E-state index in [4.69, 9.17) is 32.9 Å². The average Bonchev–Trinajstić information content (AvgIpc) is 3.57. The first-order chi connectivity index (χ1) is 21.2. The topological polar surface area (TPSA) is 104 Å². The van der Waals surface area contributed by atoms with Gasteiger partial charge in [-0.1, -0.05) is 23.2 Å². The van der Waals surface area contributed by atoms with E-state index in [0.717, 1.165) is 76.3 Å². The molecule has 12 heteroatoms. The van der Waals surface area contributed by atoms with Gasteiger partial charge in [-0.2, -0.15) is 0 Å². The first-order valence-electron chi connectivity index (χ1n) is 15.1. The highest BCUT2D eigenvalue weighted by Gasteiger charge is 2.41. The fraction of sp³-hybridized carbons (Fsp3) is 0.469. The van der Waals surface area contributed by atoms with Crippen molar-refractivity contribution in [2.24, 2.45) is 17.8 Å². The number of anilines is 1. The van der Waals surface area contributed by atoms with Gasteiger partial charge < -0.3 is 19.9 Å². The summed E-state index contributed by atoms with van der Waals surface area (Å²) in [4.78, 5) is 43.6. The number of hydrogen-bond donors (Lipinski definition) is 1. The normalized spacial score (nSPS) is 20.5. The summed E-state index contributed by atoms with van der Waals surface area (Å²) < 4.78 is 6.21. The molecule has 232 valence electrons. The predicted molar refractivity (Wildman–Crippen MR) is 170 cm³/mol. The molecule has 3 aromatic rings. The molecule has 3 aliphatic heterocycles. The standard InChI is InChI=1S/C32H37Cl2N7O3/c1-20(42)35-12-22-3-5-39(6-4-22)15-23-7-30(24-9-27(33)11-28(34)10-24)38-31(8-23)44-29-13-36-32(37-14-29)41-18-25-16-40(21(2)43)17-26(25)19-41/h7-11,13-14,22,25-26H,3-6,12,15-19H2,1-2H3,(H,35,42). The Morgan fingerprint density at radius 1 is 0.932 bits per heavy atom. The minimum Gasteiger partial charge on any atom is -0.436 e. The number of nitrogens with one attached hydrogen (secondary N) is 1. The zero-order valence-corrected chi connectivity index (χ0v) is 26.5. The number of amides is 2. The van der Waals surface area contributed by atoms with Crippen LogP contribution in [0.1, 0.15) is 32.3 Å². The lowest BCUT2D eigenvalue weighted by atomic mass is 9.96. The van der Waals surface area contributed by atoms with Gasteiger partial charge in [0.1, 0.15) is 0 Å². The summed E-state index contributed by atoms with van der Waals surface area (Å²) in [5, 5.41) is 4.02. The maximum atomic E-state index is 11.8. The van der Waals surface area contributed by atoms with E-state index in [1.165, 1.54) is 0 Å². The third-order valence-electron chi connectivity index (χ3n) is 8.82. The highest BCUT2D eigenvalue weighted by atomic mass is 35.5. The summed E-state index contributed by atoms with van der Waals surface area (Å²) in [6.45, 7) is 9.84. The third kappa shape index (κ3) is 7.42. The van der Waals surface area contributed by atoms with E-state index < -0.39 is 0 Å². The average molecular weight is 639 g/mol. The Labute approximate surface area is 267 Å². The van der Waals surface area contributed by atoms with E-state index >= 15 is 0 Å². The lowest BCUT2D eigenvalue weighted by molar-refractivity contribution is -0.128. The number of rotatable bonds is 8. The number of carbonyl (C=O) groups is 2. The molecule has 3 aliphatic rings. The molecule has 1 aromatic carbocycles. The summed E-state index contributed by atoms with van der Waals surface area (Å²) >= 11 is 12.7. The second kappa shape index (κ2) is 13.3. The summed E-state index contributed by atoms with van der Waals surface area (Å²) in [5.74, 6) is 3.16. The van der Waals surface area contributed by atoms with Crippen LogP contribution < -0.4 is 15.0 Å². The van der Waals surface area contributed by atoms with Gasteiger partial charge in [0.15, 0.2) is 5.75 Å². The van der Waals surface area contributed by atoms with Crippen molar-refractivity contribution in [2.75, 3.05) is 50.7 Å². The first kappa shape index (κ1) is 30.6. The van der Waals surface area contributed by atoms with E-state index in [2.05, 4.69) is 31.2 Å². The Kier molecular flexibility index (Phi) is 9.21. The number of hydrogen-bond acceptors (Lipinski definition) is 8. The smallest absolute Gasteiger partial charge is 0.225 e. The minimum absolute atomic E-state index is 0.0194. The minimum atomic E-state index is 0.0194. The molecule has 6 rings (SSSR count). The van der Waals surface area contributed by atoms with Gasteiger partial charge in [0.05, 0.1) is 18.1 Å². The number of nitrogens with zero attached hydrogens (tertiary/aromatic N) is 6. The Bertz CT molecular complexity index is 1480. The summed E-state index contributed by atoms with van der Waals surface area (Å²) in [7, 11) is 0. The van der Waals surface area contributed by atoms with Crippen LogP contribution >= 0.6 is 23.2 Å². The summed E-state index contributed by atoms with van der Waals surface area (Å²) in [5.41, 5.74) is 2.57. The molecule has 3 fully saturated rings. The quantitative estimate of drug-likeness (QED) is 0.372. The van der Waals surface area contributed by atoms with E-state index in [1.807, 2.05) is 23.1 Å². The van der Waals surface area contributed by atoms with Crippen molar-refractivity contribution in [3.63, 3.8) is 0 Å². The van der Waals surface area contributed by atoms with Crippen molar-refractivity contribution < 1.29 is 14.3 Å². The number of carbonyl (C=O) groups excluding carboxylic acids is 2. The molecule has 44 heavy (non-hydrogen) atoms. The Morgan fingerprint density at radius 3 is 2.20 bits per heavy atom. The number of halogens is 2. The predicted octanol–water partition coefficient (Wildman–Crippen LogP) is 4.90. The largest absolute Gasteiger partial charge is 0.436 e. The molecule has 0 bridgehead atoms. The fourth-order valence-electron chi connectivity index (χ4n) is 6.51. The summed E-state index contributed by atoms with van der Waals surface area (Å²) in [6, 6.07) is 9.39. The highest BCUT2D eigenvalue weighted by molar-refractivity contribution is 6.35. The van der Waals surface area contributed by atoms with Crippen LogP contribution in [0.3, 0.4) is 0 Å². The van der Waals surface area contributed by atoms with Gasteiger partial charge in [0.25, 0.3) is 0 Å². The first-order valence-corrected chi connectivity index (χ1v) is 15.9. The maximum absolute atomic E-state index is 11.8. The van der Waals surface area contributed by atoms with E-state index in [9.17, 15) is 9.59 Å². The van der Waals surface area contributed by atoms with Crippen LogP contribution in [0.15, 0.2) is 42.7 Å². The van der Waals surface area contributed by atoms with Crippen LogP contribution in [0.4, 0.5) is 5.95 Å². The molecule has 10 nitrogen and oxygen atoms in total. The molecule has 2 aromatic heterocycles. The second-order valence-corrected chi connectivity index (χ2v) is 13.1. The molecule has 2 amide bonds. The van der Waals surface area contributed by atoms with Gasteiger partial charge in [0.2, 0.25) is 23.6 Å². The third-order valence-corrected chi connectivity index (χ3v) is 9.26. The van der Waals surface area contributed by atoms with Crippen LogP contribution in [-0.2, 0) is 16.1 Å². The van der Waals surface area contributed by atoms with E-state index in [1.54, 1.807) is 32.3 Å². The molecule has 2 unspecified atom stereocenters. The van der Waals surface area contributed by atoms with Gasteiger partial charge in [-0.3, -0.25) is 14.5 Å². The lowest BCUT2D eigenvalue weighted by Gasteiger charge is -2.32. The number of fused-ring (bicyclic) bond motifs is 1. The van der Waals surface area contributed by atoms with Crippen molar-refractivity contribution in [2.45, 2.75) is 33.2 Å². The molecular weight excluding hydrogens is 601 g/mol. The zero-order valence-electron chi connectivity index (χ0n) is 25.0. The number of pyridine rings is 1. The van der Waals surface area contributed by atoms with Crippen molar-refractivity contribution in [3.05, 3.63) is 58.3 Å². The number of benzene rings is 1. The molecule has 2 atom stereocenters. The molecule has 5 heterocycles. The molecule has 0 radical (unpaired) electrons. The SMILES string of the molecule is CC(=O)NCC1CCN(Cc2cc(Oc3cnc(N4CC5CN(C(C)=O)CC5C4)nc3)nc(-c3cc(Cl)cc(Cl)c3)c2)CC1. The molecule has 0 aliphatic carbocycles. The van der Waals surface area contributed by atoms with Crippen molar-refractivity contribution in [1.82, 2.24) is 30.1 Å². The van der Waals surface area contributed by atoms with Gasteiger partial charge in [-0.15, -0.1) is 0 Å². The lowest BCUT2D eigenvalue weighted by Crippen LogP contribution is -2.37. The van der Waals surface area contributed by atoms with E-state index in [0.29, 0.717) is 51.1 Å². The number of likely N-dealkylation sites (tertiary alicyclic amines) is 2.